The summed E-state index contributed by atoms with van der Waals surface area (Å²) in [6.45, 7) is 6.14. The molecule has 0 saturated carbocycles. The molecule has 21 heavy (non-hydrogen) atoms. The van der Waals surface area contributed by atoms with E-state index in [1.807, 2.05) is 0 Å². The first-order chi connectivity index (χ1) is 8.91. The Morgan fingerprint density at radius 1 is 0.762 bits per heavy atom. The number of rotatable bonds is 11. The molecule has 0 aromatic rings. The molecule has 0 amide bonds. The van der Waals surface area contributed by atoms with Gasteiger partial charge in [0.2, 0.25) is 0 Å². The normalized spacial score (nSPS) is 9.90. The second-order valence-corrected chi connectivity index (χ2v) is 5.73. The molecule has 0 aromatic carbocycles. The Balaban J connectivity index is -0.000000105. The minimum atomic E-state index is -4.67. The fraction of sp³-hybridized carbons (Fsp3) is 0.929. The largest absolute Gasteiger partial charge is 1.00 e. The van der Waals surface area contributed by atoms with E-state index in [9.17, 15) is 0 Å². The Morgan fingerprint density at radius 3 is 1.24 bits per heavy atom. The van der Waals surface area contributed by atoms with Crippen LogP contribution in [0.4, 0.5) is 0 Å². The number of hydrogen-bond donors (Lipinski definition) is 2. The van der Waals surface area contributed by atoms with E-state index in [4.69, 9.17) is 17.5 Å². The Kier molecular flexibility index (Phi) is 35.3. The van der Waals surface area contributed by atoms with Gasteiger partial charge in [0.1, 0.15) is 0 Å². The Hall–Kier alpha value is 1.87. The van der Waals surface area contributed by atoms with Gasteiger partial charge in [-0.25, -0.2) is 0 Å². The molecule has 0 fully saturated rings. The van der Waals surface area contributed by atoms with Crippen LogP contribution < -0.4 is 59.1 Å². The second kappa shape index (κ2) is 24.1. The van der Waals surface area contributed by atoms with Crippen LogP contribution in [0.25, 0.3) is 0 Å². The molecule has 4 nitrogen and oxygen atoms in total. The predicted octanol–water partition coefficient (Wildman–Crippen LogP) is -1.01. The predicted molar refractivity (Wildman–Crippen MR) is 81.7 cm³/mol. The van der Waals surface area contributed by atoms with Gasteiger partial charge in [0.25, 0.3) is 0 Å². The van der Waals surface area contributed by atoms with Crippen molar-refractivity contribution in [2.45, 2.75) is 84.0 Å². The molecule has 0 unspecified atom stereocenters. The Bertz CT molecular complexity index is 246. The van der Waals surface area contributed by atoms with Crippen LogP contribution >= 0.6 is 0 Å². The van der Waals surface area contributed by atoms with Crippen molar-refractivity contribution in [3.05, 3.63) is 6.92 Å². The summed E-state index contributed by atoms with van der Waals surface area (Å²) >= 11 is 0. The minimum Gasteiger partial charge on any atom is -1.00 e. The number of hydrogen-bond acceptors (Lipinski definition) is 2. The molecule has 0 aliphatic carbocycles. The first kappa shape index (κ1) is 30.7. The molecule has 0 rings (SSSR count). The van der Waals surface area contributed by atoms with Gasteiger partial charge in [0, 0.05) is 0 Å². The van der Waals surface area contributed by atoms with E-state index in [0.717, 1.165) is 6.42 Å². The molecule has 0 spiro atoms. The topological polar surface area (TPSA) is 74.6 Å². The average Bonchev–Trinajstić information content (AvgIpc) is 2.29. The molecule has 0 atom stereocenters. The van der Waals surface area contributed by atoms with Crippen molar-refractivity contribution in [3.63, 3.8) is 0 Å². The van der Waals surface area contributed by atoms with Gasteiger partial charge < -0.3 is 8.35 Å². The van der Waals surface area contributed by atoms with Crippen molar-refractivity contribution >= 4 is 10.4 Å². The van der Waals surface area contributed by atoms with Gasteiger partial charge in [-0.3, -0.25) is 9.11 Å². The van der Waals surface area contributed by atoms with E-state index in [1.54, 1.807) is 0 Å². The van der Waals surface area contributed by atoms with Crippen LogP contribution in [-0.4, -0.2) is 17.5 Å². The first-order valence-electron chi connectivity index (χ1n) is 7.41. The van der Waals surface area contributed by atoms with Crippen LogP contribution in [-0.2, 0) is 10.4 Å². The van der Waals surface area contributed by atoms with Gasteiger partial charge >= 0.3 is 69.5 Å². The summed E-state index contributed by atoms with van der Waals surface area (Å²) in [7, 11) is -4.67. The van der Waals surface area contributed by atoms with Gasteiger partial charge in [0.05, 0.1) is 0 Å². The van der Waals surface area contributed by atoms with Crippen molar-refractivity contribution < 1.29 is 78.1 Å². The number of unbranched alkanes of at least 4 members (excludes halogenated alkanes) is 11. The third kappa shape index (κ3) is 52.1. The smallest absolute Gasteiger partial charge is 1.00 e. The summed E-state index contributed by atoms with van der Waals surface area (Å²) in [5.74, 6) is 0. The van der Waals surface area contributed by atoms with Crippen molar-refractivity contribution in [3.8, 4) is 0 Å². The van der Waals surface area contributed by atoms with E-state index in [-0.39, 0.29) is 60.5 Å². The summed E-state index contributed by atoms with van der Waals surface area (Å²) in [4.78, 5) is 0. The van der Waals surface area contributed by atoms with Gasteiger partial charge in [-0.1, -0.05) is 77.6 Å². The average molecular weight is 342 g/mol. The van der Waals surface area contributed by atoms with Gasteiger partial charge in [0.15, 0.2) is 0 Å². The van der Waals surface area contributed by atoms with E-state index in [1.165, 1.54) is 70.6 Å². The fourth-order valence-corrected chi connectivity index (χ4v) is 1.84. The van der Waals surface area contributed by atoms with Gasteiger partial charge in [-0.15, -0.1) is 0 Å². The first-order valence-corrected chi connectivity index (χ1v) is 8.80. The summed E-state index contributed by atoms with van der Waals surface area (Å²) in [5.41, 5.74) is 0. The maximum Gasteiger partial charge on any atom is 1.00 e. The van der Waals surface area contributed by atoms with Crippen molar-refractivity contribution in [2.75, 3.05) is 0 Å². The van der Waals surface area contributed by atoms with Crippen LogP contribution in [0.5, 0.6) is 0 Å². The minimum absolute atomic E-state index is 0. The third-order valence-electron chi connectivity index (χ3n) is 2.85. The van der Waals surface area contributed by atoms with Crippen LogP contribution in [0.2, 0.25) is 0 Å². The SMILES string of the molecule is O=S(=O)(O)O.[CH2-]CCCCCCCCCCCCC.[H-].[Na+].[Na+]. The summed E-state index contributed by atoms with van der Waals surface area (Å²) in [6.07, 6.45) is 16.9. The molecular formula is C14H32Na2O4S. The third-order valence-corrected chi connectivity index (χ3v) is 2.85. The monoisotopic (exact) mass is 342 g/mol. The van der Waals surface area contributed by atoms with E-state index in [2.05, 4.69) is 13.8 Å². The van der Waals surface area contributed by atoms with Gasteiger partial charge in [-0.05, 0) is 0 Å². The van der Waals surface area contributed by atoms with E-state index >= 15 is 0 Å². The molecule has 0 radical (unpaired) electrons. The molecule has 2 N–H and O–H groups in total. The van der Waals surface area contributed by atoms with Crippen LogP contribution in [0, 0.1) is 6.92 Å². The van der Waals surface area contributed by atoms with E-state index < -0.39 is 10.4 Å². The van der Waals surface area contributed by atoms with E-state index in [0.29, 0.717) is 0 Å². The molecule has 0 saturated heterocycles. The summed E-state index contributed by atoms with van der Waals surface area (Å²) in [6, 6.07) is 0. The summed E-state index contributed by atoms with van der Waals surface area (Å²) < 4.78 is 31.6. The Morgan fingerprint density at radius 2 is 1.00 bits per heavy atom. The van der Waals surface area contributed by atoms with Crippen LogP contribution in [0.3, 0.4) is 0 Å². The summed E-state index contributed by atoms with van der Waals surface area (Å²) in [5, 5.41) is 0. The van der Waals surface area contributed by atoms with Crippen LogP contribution in [0.15, 0.2) is 0 Å². The quantitative estimate of drug-likeness (QED) is 0.218. The molecule has 0 aliphatic heterocycles. The van der Waals surface area contributed by atoms with Crippen molar-refractivity contribution in [1.29, 1.82) is 0 Å². The molecule has 7 heteroatoms. The zero-order chi connectivity index (χ0) is 15.0. The van der Waals surface area contributed by atoms with Gasteiger partial charge in [-0.2, -0.15) is 14.8 Å². The van der Waals surface area contributed by atoms with Crippen molar-refractivity contribution in [2.24, 2.45) is 0 Å². The van der Waals surface area contributed by atoms with Crippen molar-refractivity contribution in [1.82, 2.24) is 0 Å². The van der Waals surface area contributed by atoms with Crippen LogP contribution in [0.1, 0.15) is 85.4 Å². The molecule has 0 heterocycles. The molecule has 0 aliphatic rings. The molecular weight excluding hydrogens is 310 g/mol. The maximum absolute atomic E-state index is 8.74. The zero-order valence-electron chi connectivity index (χ0n) is 15.3. The zero-order valence-corrected chi connectivity index (χ0v) is 19.1. The molecule has 0 aromatic heterocycles. The second-order valence-electron chi connectivity index (χ2n) is 4.84. The molecule has 0 bridgehead atoms. The standard InChI is InChI=1S/C14H29.2Na.H2O4S.H/c1-3-5-7-9-11-13-14-12-10-8-6-4-2;;;1-5(2,3)4;/h1,3-14H2,2H3;;;(H2,1,2,3,4);/q-1;2*+1;;-1. The molecule has 120 valence electrons. The maximum atomic E-state index is 8.74. The Labute approximate surface area is 177 Å². The fourth-order valence-electron chi connectivity index (χ4n) is 1.84.